The minimum atomic E-state index is -3.84. The minimum absolute atomic E-state index is 0.0823. The summed E-state index contributed by atoms with van der Waals surface area (Å²) < 4.78 is 27.1. The maximum Gasteiger partial charge on any atom is 0.300 e. The summed E-state index contributed by atoms with van der Waals surface area (Å²) in [5, 5.41) is 10.7. The van der Waals surface area contributed by atoms with Crippen LogP contribution in [0.1, 0.15) is 5.56 Å². The number of sulfonamides is 1. The molecule has 2 aromatic rings. The van der Waals surface area contributed by atoms with Crippen molar-refractivity contribution in [2.24, 2.45) is 0 Å². The van der Waals surface area contributed by atoms with Crippen molar-refractivity contribution in [3.05, 3.63) is 54.8 Å². The average molecular weight is 412 g/mol. The second-order valence-corrected chi connectivity index (χ2v) is 8.50. The Morgan fingerprint density at radius 2 is 1.95 bits per heavy atom. The van der Waals surface area contributed by atoms with Gasteiger partial charge >= 0.3 is 0 Å². The van der Waals surface area contributed by atoms with Crippen LogP contribution in [0.3, 0.4) is 0 Å². The molecular formula is C11H8BrClN2O4S2. The molecule has 2 rings (SSSR count). The first-order valence-electron chi connectivity index (χ1n) is 5.47. The lowest BCUT2D eigenvalue weighted by atomic mass is 10.2. The van der Waals surface area contributed by atoms with Crippen molar-refractivity contribution in [3.8, 4) is 0 Å². The summed E-state index contributed by atoms with van der Waals surface area (Å²) in [5.41, 5.74) is 0.351. The van der Waals surface area contributed by atoms with Gasteiger partial charge in [0.25, 0.3) is 15.7 Å². The molecule has 10 heteroatoms. The highest BCUT2D eigenvalue weighted by atomic mass is 79.9. The highest BCUT2D eigenvalue weighted by Gasteiger charge is 2.24. The van der Waals surface area contributed by atoms with Crippen LogP contribution in [0.4, 0.5) is 5.69 Å². The van der Waals surface area contributed by atoms with Crippen LogP contribution in [0.2, 0.25) is 4.34 Å². The predicted octanol–water partition coefficient (Wildman–Crippen LogP) is 3.55. The van der Waals surface area contributed by atoms with Gasteiger partial charge in [-0.1, -0.05) is 39.7 Å². The third kappa shape index (κ3) is 4.01. The van der Waals surface area contributed by atoms with Crippen molar-refractivity contribution in [3.63, 3.8) is 0 Å². The minimum Gasteiger partial charge on any atom is -0.258 e. The Morgan fingerprint density at radius 1 is 1.33 bits per heavy atom. The van der Waals surface area contributed by atoms with E-state index >= 15 is 0 Å². The van der Waals surface area contributed by atoms with E-state index in [0.29, 0.717) is 11.3 Å². The summed E-state index contributed by atoms with van der Waals surface area (Å²) in [4.78, 5) is 9.97. The lowest BCUT2D eigenvalue weighted by Crippen LogP contribution is -2.22. The normalized spacial score (nSPS) is 11.5. The Morgan fingerprint density at radius 3 is 2.48 bits per heavy atom. The van der Waals surface area contributed by atoms with Crippen molar-refractivity contribution in [1.29, 1.82) is 0 Å². The zero-order valence-corrected chi connectivity index (χ0v) is 14.2. The molecule has 0 aliphatic heterocycles. The van der Waals surface area contributed by atoms with Gasteiger partial charge in [-0.2, -0.15) is 0 Å². The van der Waals surface area contributed by atoms with Crippen molar-refractivity contribution >= 4 is 54.6 Å². The van der Waals surface area contributed by atoms with E-state index in [1.807, 2.05) is 0 Å². The number of nitro groups is 1. The molecule has 0 fully saturated rings. The maximum absolute atomic E-state index is 12.1. The van der Waals surface area contributed by atoms with Gasteiger partial charge in [0.15, 0.2) is 4.34 Å². The fraction of sp³-hybridized carbons (Fsp3) is 0.0909. The smallest absolute Gasteiger partial charge is 0.258 e. The highest BCUT2D eigenvalue weighted by molar-refractivity contribution is 9.10. The third-order valence-corrected chi connectivity index (χ3v) is 6.23. The van der Waals surface area contributed by atoms with Crippen molar-refractivity contribution in [2.45, 2.75) is 10.8 Å². The second-order valence-electron chi connectivity index (χ2n) is 3.93. The first kappa shape index (κ1) is 16.4. The van der Waals surface area contributed by atoms with Crippen LogP contribution in [0, 0.1) is 10.1 Å². The monoisotopic (exact) mass is 410 g/mol. The highest BCUT2D eigenvalue weighted by Crippen LogP contribution is 2.36. The molecule has 0 bridgehead atoms. The largest absolute Gasteiger partial charge is 0.300 e. The lowest BCUT2D eigenvalue weighted by molar-refractivity contribution is -0.384. The molecule has 112 valence electrons. The standard InChI is InChI=1S/C11H8BrClN2O4S2/c12-8-3-1-7(2-4-8)6-14-21(18,19)10-5-9(15(16)17)11(13)20-10/h1-5,14H,6H2. The summed E-state index contributed by atoms with van der Waals surface area (Å²) in [6.07, 6.45) is 0. The fourth-order valence-electron chi connectivity index (χ4n) is 1.45. The summed E-state index contributed by atoms with van der Waals surface area (Å²) >= 11 is 9.59. The van der Waals surface area contributed by atoms with Crippen LogP contribution >= 0.6 is 38.9 Å². The van der Waals surface area contributed by atoms with Gasteiger partial charge in [0.1, 0.15) is 4.21 Å². The summed E-state index contributed by atoms with van der Waals surface area (Å²) in [5.74, 6) is 0. The number of benzene rings is 1. The number of rotatable bonds is 5. The molecule has 1 N–H and O–H groups in total. The fourth-order valence-corrected chi connectivity index (χ4v) is 4.44. The maximum atomic E-state index is 12.1. The van der Waals surface area contributed by atoms with E-state index in [9.17, 15) is 18.5 Å². The van der Waals surface area contributed by atoms with Crippen LogP contribution < -0.4 is 4.72 Å². The molecule has 1 heterocycles. The molecule has 6 nitrogen and oxygen atoms in total. The third-order valence-electron chi connectivity index (χ3n) is 2.49. The van der Waals surface area contributed by atoms with Gasteiger partial charge < -0.3 is 0 Å². The van der Waals surface area contributed by atoms with E-state index < -0.39 is 20.6 Å². The Balaban J connectivity index is 2.17. The van der Waals surface area contributed by atoms with Gasteiger partial charge in [-0.05, 0) is 17.7 Å². The summed E-state index contributed by atoms with van der Waals surface area (Å²) in [7, 11) is -3.84. The second kappa shape index (κ2) is 6.41. The molecule has 0 unspecified atom stereocenters. The molecule has 0 spiro atoms. The number of halogens is 2. The van der Waals surface area contributed by atoms with Gasteiger partial charge in [0.05, 0.1) is 4.92 Å². The van der Waals surface area contributed by atoms with Crippen LogP contribution in [-0.4, -0.2) is 13.3 Å². The van der Waals surface area contributed by atoms with Gasteiger partial charge in [0.2, 0.25) is 0 Å². The summed E-state index contributed by atoms with van der Waals surface area (Å²) in [6.45, 7) is 0.0823. The Hall–Kier alpha value is -1.000. The van der Waals surface area contributed by atoms with Gasteiger partial charge in [-0.3, -0.25) is 10.1 Å². The molecule has 1 aromatic carbocycles. The van der Waals surface area contributed by atoms with Gasteiger partial charge in [0, 0.05) is 17.1 Å². The van der Waals surface area contributed by atoms with E-state index in [2.05, 4.69) is 20.7 Å². The zero-order valence-electron chi connectivity index (χ0n) is 10.2. The number of hydrogen-bond donors (Lipinski definition) is 1. The molecule has 0 radical (unpaired) electrons. The molecule has 0 saturated heterocycles. The van der Waals surface area contributed by atoms with Crippen LogP contribution in [0.25, 0.3) is 0 Å². The molecule has 1 aromatic heterocycles. The number of nitrogens with zero attached hydrogens (tertiary/aromatic N) is 1. The summed E-state index contributed by atoms with van der Waals surface area (Å²) in [6, 6.07) is 8.05. The zero-order chi connectivity index (χ0) is 15.6. The Labute approximate surface area is 138 Å². The Bertz CT molecular complexity index is 774. The molecule has 0 amide bonds. The quantitative estimate of drug-likeness (QED) is 0.602. The lowest BCUT2D eigenvalue weighted by Gasteiger charge is -2.04. The predicted molar refractivity (Wildman–Crippen MR) is 84.2 cm³/mol. The first-order valence-corrected chi connectivity index (χ1v) is 8.94. The van der Waals surface area contributed by atoms with Crippen molar-refractivity contribution < 1.29 is 13.3 Å². The van der Waals surface area contributed by atoms with Crippen LogP contribution in [0.15, 0.2) is 39.0 Å². The van der Waals surface area contributed by atoms with E-state index in [0.717, 1.165) is 16.1 Å². The van der Waals surface area contributed by atoms with E-state index in [-0.39, 0.29) is 15.1 Å². The van der Waals surface area contributed by atoms with E-state index in [1.54, 1.807) is 24.3 Å². The molecule has 0 aliphatic carbocycles. The van der Waals surface area contributed by atoms with Gasteiger partial charge in [-0.25, -0.2) is 13.1 Å². The SMILES string of the molecule is O=[N+]([O-])c1cc(S(=O)(=O)NCc2ccc(Br)cc2)sc1Cl. The van der Waals surface area contributed by atoms with E-state index in [1.165, 1.54) is 0 Å². The number of hydrogen-bond acceptors (Lipinski definition) is 5. The topological polar surface area (TPSA) is 89.3 Å². The van der Waals surface area contributed by atoms with Crippen LogP contribution in [0.5, 0.6) is 0 Å². The first-order chi connectivity index (χ1) is 9.79. The molecular weight excluding hydrogens is 404 g/mol. The van der Waals surface area contributed by atoms with Gasteiger partial charge in [-0.15, -0.1) is 11.3 Å². The molecule has 21 heavy (non-hydrogen) atoms. The van der Waals surface area contributed by atoms with Crippen LogP contribution in [-0.2, 0) is 16.6 Å². The number of thiophene rings is 1. The van der Waals surface area contributed by atoms with Crippen molar-refractivity contribution in [1.82, 2.24) is 4.72 Å². The molecule has 0 atom stereocenters. The average Bonchev–Trinajstić information content (AvgIpc) is 2.81. The molecule has 0 aliphatic rings. The van der Waals surface area contributed by atoms with E-state index in [4.69, 9.17) is 11.6 Å². The molecule has 0 saturated carbocycles. The van der Waals surface area contributed by atoms with Crippen molar-refractivity contribution in [2.75, 3.05) is 0 Å². The number of nitrogens with one attached hydrogen (secondary N) is 1. The Kier molecular flexibility index (Phi) is 4.99.